The van der Waals surface area contributed by atoms with Crippen molar-refractivity contribution in [3.05, 3.63) is 0 Å². The van der Waals surface area contributed by atoms with Gasteiger partial charge in [-0.05, 0) is 38.5 Å². The second kappa shape index (κ2) is 3.81. The minimum Gasteiger partial charge on any atom is -0.244 e. The zero-order valence-corrected chi connectivity index (χ0v) is 7.35. The summed E-state index contributed by atoms with van der Waals surface area (Å²) in [5.74, 6) is 0.398. The molecule has 12 heavy (non-hydrogen) atoms. The van der Waals surface area contributed by atoms with Gasteiger partial charge >= 0.3 is 0 Å². The van der Waals surface area contributed by atoms with E-state index in [1.165, 1.54) is 6.08 Å². The maximum Gasteiger partial charge on any atom is 0.234 e. The van der Waals surface area contributed by atoms with Crippen LogP contribution in [0.15, 0.2) is 4.99 Å². The van der Waals surface area contributed by atoms with Crippen molar-refractivity contribution < 1.29 is 9.18 Å². The Kier molecular flexibility index (Phi) is 2.99. The molecule has 1 rings (SSSR count). The van der Waals surface area contributed by atoms with Gasteiger partial charge in [0.05, 0.1) is 6.54 Å². The summed E-state index contributed by atoms with van der Waals surface area (Å²) in [6.45, 7) is 2.17. The molecule has 1 saturated carbocycles. The van der Waals surface area contributed by atoms with Crippen LogP contribution in [0.3, 0.4) is 0 Å². The number of carbonyl (C=O) groups excluding carboxylic acids is 1. The maximum atomic E-state index is 13.3. The topological polar surface area (TPSA) is 29.4 Å². The number of isocyanates is 1. The molecule has 68 valence electrons. The second-order valence-corrected chi connectivity index (χ2v) is 3.79. The average molecular weight is 171 g/mol. The third-order valence-electron chi connectivity index (χ3n) is 2.56. The van der Waals surface area contributed by atoms with Gasteiger partial charge in [0.2, 0.25) is 6.08 Å². The van der Waals surface area contributed by atoms with Gasteiger partial charge in [0.1, 0.15) is 5.67 Å². The van der Waals surface area contributed by atoms with Crippen LogP contribution in [0, 0.1) is 5.92 Å². The van der Waals surface area contributed by atoms with E-state index in [2.05, 4.69) is 4.99 Å². The Hall–Kier alpha value is -0.690. The van der Waals surface area contributed by atoms with E-state index in [1.54, 1.807) is 6.92 Å². The van der Waals surface area contributed by atoms with E-state index in [-0.39, 0.29) is 0 Å². The third-order valence-corrected chi connectivity index (χ3v) is 2.56. The van der Waals surface area contributed by atoms with Gasteiger partial charge in [-0.3, -0.25) is 0 Å². The average Bonchev–Trinajstić information content (AvgIpc) is 2.03. The molecule has 0 aromatic heterocycles. The van der Waals surface area contributed by atoms with Crippen LogP contribution in [0.1, 0.15) is 32.6 Å². The molecule has 0 amide bonds. The van der Waals surface area contributed by atoms with Crippen molar-refractivity contribution in [3.8, 4) is 0 Å². The van der Waals surface area contributed by atoms with Crippen LogP contribution in [0.2, 0.25) is 0 Å². The van der Waals surface area contributed by atoms with Gasteiger partial charge in [-0.1, -0.05) is 0 Å². The number of hydrogen-bond acceptors (Lipinski definition) is 2. The number of alkyl halides is 1. The van der Waals surface area contributed by atoms with Gasteiger partial charge in [-0.25, -0.2) is 14.2 Å². The molecule has 0 saturated heterocycles. The van der Waals surface area contributed by atoms with Crippen molar-refractivity contribution in [1.82, 2.24) is 0 Å². The first-order valence-electron chi connectivity index (χ1n) is 4.36. The molecule has 0 atom stereocenters. The summed E-state index contributed by atoms with van der Waals surface area (Å²) in [5.41, 5.74) is -0.985. The Morgan fingerprint density at radius 1 is 1.58 bits per heavy atom. The van der Waals surface area contributed by atoms with Crippen molar-refractivity contribution in [3.63, 3.8) is 0 Å². The molecule has 3 heteroatoms. The van der Waals surface area contributed by atoms with E-state index in [4.69, 9.17) is 0 Å². The van der Waals surface area contributed by atoms with Gasteiger partial charge < -0.3 is 0 Å². The normalized spacial score (nSPS) is 35.7. The first kappa shape index (κ1) is 9.40. The van der Waals surface area contributed by atoms with Crippen LogP contribution in [-0.4, -0.2) is 18.3 Å². The zero-order chi connectivity index (χ0) is 9.03. The molecule has 1 fully saturated rings. The molecule has 2 nitrogen and oxygen atoms in total. The Bertz CT molecular complexity index is 187. The molecule has 1 aliphatic carbocycles. The van der Waals surface area contributed by atoms with Crippen LogP contribution in [-0.2, 0) is 4.79 Å². The van der Waals surface area contributed by atoms with E-state index in [1.807, 2.05) is 0 Å². The molecule has 0 heterocycles. The lowest BCUT2D eigenvalue weighted by Gasteiger charge is -2.29. The largest absolute Gasteiger partial charge is 0.244 e. The number of halogens is 1. The van der Waals surface area contributed by atoms with E-state index in [9.17, 15) is 9.18 Å². The van der Waals surface area contributed by atoms with Crippen LogP contribution in [0.4, 0.5) is 4.39 Å². The summed E-state index contributed by atoms with van der Waals surface area (Å²) >= 11 is 0. The first-order chi connectivity index (χ1) is 5.64. The molecule has 0 unspecified atom stereocenters. The molecule has 0 aromatic carbocycles. The van der Waals surface area contributed by atoms with E-state index in [0.717, 1.165) is 12.8 Å². The molecular weight excluding hydrogens is 157 g/mol. The van der Waals surface area contributed by atoms with Crippen molar-refractivity contribution in [2.75, 3.05) is 6.54 Å². The zero-order valence-electron chi connectivity index (χ0n) is 7.35. The highest BCUT2D eigenvalue weighted by atomic mass is 19.1. The highest BCUT2D eigenvalue weighted by Crippen LogP contribution is 2.34. The molecule has 0 bridgehead atoms. The minimum absolute atomic E-state index is 0.398. The van der Waals surface area contributed by atoms with Gasteiger partial charge in [-0.15, -0.1) is 0 Å². The quantitative estimate of drug-likeness (QED) is 0.462. The fraction of sp³-hybridized carbons (Fsp3) is 0.889. The number of aliphatic imine (C=N–C) groups is 1. The van der Waals surface area contributed by atoms with Crippen molar-refractivity contribution in [1.29, 1.82) is 0 Å². The second-order valence-electron chi connectivity index (χ2n) is 3.79. The fourth-order valence-corrected chi connectivity index (χ4v) is 1.63. The highest BCUT2D eigenvalue weighted by Gasteiger charge is 2.30. The highest BCUT2D eigenvalue weighted by molar-refractivity contribution is 5.32. The molecule has 0 radical (unpaired) electrons. The smallest absolute Gasteiger partial charge is 0.234 e. The predicted octanol–water partition coefficient (Wildman–Crippen LogP) is 2.24. The summed E-state index contributed by atoms with van der Waals surface area (Å²) < 4.78 is 13.3. The summed E-state index contributed by atoms with van der Waals surface area (Å²) in [7, 11) is 0. The Morgan fingerprint density at radius 2 is 2.17 bits per heavy atom. The van der Waals surface area contributed by atoms with Crippen LogP contribution < -0.4 is 0 Å². The van der Waals surface area contributed by atoms with E-state index in [0.29, 0.717) is 25.3 Å². The first-order valence-corrected chi connectivity index (χ1v) is 4.36. The van der Waals surface area contributed by atoms with Gasteiger partial charge in [0, 0.05) is 0 Å². The van der Waals surface area contributed by atoms with Crippen molar-refractivity contribution in [2.24, 2.45) is 10.9 Å². The SMILES string of the molecule is CC1(F)CCC(CN=C=O)CC1. The van der Waals surface area contributed by atoms with Crippen LogP contribution >= 0.6 is 0 Å². The number of nitrogens with zero attached hydrogens (tertiary/aromatic N) is 1. The Balaban J connectivity index is 2.31. The Labute approximate surface area is 71.9 Å². The summed E-state index contributed by atoms with van der Waals surface area (Å²) in [6, 6.07) is 0. The monoisotopic (exact) mass is 171 g/mol. The predicted molar refractivity (Wildman–Crippen MR) is 44.5 cm³/mol. The summed E-state index contributed by atoms with van der Waals surface area (Å²) in [6.07, 6.45) is 4.41. The van der Waals surface area contributed by atoms with Gasteiger partial charge in [-0.2, -0.15) is 0 Å². The van der Waals surface area contributed by atoms with E-state index < -0.39 is 5.67 Å². The van der Waals surface area contributed by atoms with Gasteiger partial charge in [0.25, 0.3) is 0 Å². The Morgan fingerprint density at radius 3 is 2.67 bits per heavy atom. The number of rotatable bonds is 2. The lowest BCUT2D eigenvalue weighted by atomic mass is 9.81. The molecule has 0 spiro atoms. The molecular formula is C9H14FNO. The lowest BCUT2D eigenvalue weighted by Crippen LogP contribution is -2.26. The number of hydrogen-bond donors (Lipinski definition) is 0. The molecule has 0 aliphatic heterocycles. The standard InChI is InChI=1S/C9H14FNO/c1-9(10)4-2-8(3-5-9)6-11-7-12/h8H,2-6H2,1H3. The minimum atomic E-state index is -0.985. The fourth-order valence-electron chi connectivity index (χ4n) is 1.63. The van der Waals surface area contributed by atoms with E-state index >= 15 is 0 Å². The van der Waals surface area contributed by atoms with Crippen molar-refractivity contribution >= 4 is 6.08 Å². The maximum absolute atomic E-state index is 13.3. The van der Waals surface area contributed by atoms with Crippen LogP contribution in [0.5, 0.6) is 0 Å². The lowest BCUT2D eigenvalue weighted by molar-refractivity contribution is 0.106. The molecule has 0 aromatic rings. The van der Waals surface area contributed by atoms with Crippen LogP contribution in [0.25, 0.3) is 0 Å². The van der Waals surface area contributed by atoms with Gasteiger partial charge in [0.15, 0.2) is 0 Å². The molecule has 0 N–H and O–H groups in total. The third kappa shape index (κ3) is 2.74. The molecule has 1 aliphatic rings. The summed E-state index contributed by atoms with van der Waals surface area (Å²) in [5, 5.41) is 0. The van der Waals surface area contributed by atoms with Crippen molar-refractivity contribution in [2.45, 2.75) is 38.3 Å². The summed E-state index contributed by atoms with van der Waals surface area (Å²) in [4.78, 5) is 13.3.